The predicted molar refractivity (Wildman–Crippen MR) is 68.8 cm³/mol. The summed E-state index contributed by atoms with van der Waals surface area (Å²) in [4.78, 5) is 14.7. The Balaban J connectivity index is 2.45. The van der Waals surface area contributed by atoms with Gasteiger partial charge in [-0.1, -0.05) is 6.07 Å². The summed E-state index contributed by atoms with van der Waals surface area (Å²) in [6, 6.07) is 11.2. The fraction of sp³-hybridized carbons (Fsp3) is 0.0714. The highest BCUT2D eigenvalue weighted by Crippen LogP contribution is 2.24. The first-order valence-electron chi connectivity index (χ1n) is 5.42. The molecule has 0 atom stereocenters. The molecular weight excluding hydrogens is 226 g/mol. The van der Waals surface area contributed by atoms with Crippen molar-refractivity contribution >= 4 is 12.1 Å². The van der Waals surface area contributed by atoms with Gasteiger partial charge in [-0.15, -0.1) is 0 Å². The van der Waals surface area contributed by atoms with E-state index >= 15 is 0 Å². The molecule has 0 spiro atoms. The zero-order valence-corrected chi connectivity index (χ0v) is 9.84. The molecule has 0 aliphatic heterocycles. The van der Waals surface area contributed by atoms with Crippen LogP contribution in [0.15, 0.2) is 36.5 Å². The molecule has 18 heavy (non-hydrogen) atoms. The SMILES string of the molecule is Cc1ccc(NC=O)cc1-c1ccc(C#N)cn1. The quantitative estimate of drug-likeness (QED) is 0.834. The molecule has 0 radical (unpaired) electrons. The van der Waals surface area contributed by atoms with Crippen LogP contribution in [0.5, 0.6) is 0 Å². The largest absolute Gasteiger partial charge is 0.329 e. The topological polar surface area (TPSA) is 65.8 Å². The minimum atomic E-state index is 0.526. The summed E-state index contributed by atoms with van der Waals surface area (Å²) in [5, 5.41) is 11.3. The number of nitrogens with one attached hydrogen (secondary N) is 1. The molecule has 2 rings (SSSR count). The van der Waals surface area contributed by atoms with Crippen molar-refractivity contribution in [2.24, 2.45) is 0 Å². The molecule has 4 nitrogen and oxygen atoms in total. The summed E-state index contributed by atoms with van der Waals surface area (Å²) in [5.74, 6) is 0. The molecule has 0 saturated carbocycles. The van der Waals surface area contributed by atoms with Gasteiger partial charge in [0.15, 0.2) is 0 Å². The number of amides is 1. The lowest BCUT2D eigenvalue weighted by molar-refractivity contribution is -0.105. The van der Waals surface area contributed by atoms with Crippen molar-refractivity contribution in [2.75, 3.05) is 5.32 Å². The molecule has 0 bridgehead atoms. The van der Waals surface area contributed by atoms with E-state index in [1.807, 2.05) is 31.2 Å². The summed E-state index contributed by atoms with van der Waals surface area (Å²) < 4.78 is 0. The van der Waals surface area contributed by atoms with Gasteiger partial charge in [0.2, 0.25) is 6.41 Å². The van der Waals surface area contributed by atoms with Crippen molar-refractivity contribution in [3.63, 3.8) is 0 Å². The maximum absolute atomic E-state index is 10.4. The Kier molecular flexibility index (Phi) is 3.35. The van der Waals surface area contributed by atoms with Gasteiger partial charge in [0, 0.05) is 17.4 Å². The minimum Gasteiger partial charge on any atom is -0.329 e. The van der Waals surface area contributed by atoms with Gasteiger partial charge in [-0.2, -0.15) is 5.26 Å². The second-order valence-corrected chi connectivity index (χ2v) is 3.84. The van der Waals surface area contributed by atoms with E-state index in [1.165, 1.54) is 6.20 Å². The van der Waals surface area contributed by atoms with E-state index in [0.29, 0.717) is 12.0 Å². The van der Waals surface area contributed by atoms with Gasteiger partial charge >= 0.3 is 0 Å². The van der Waals surface area contributed by atoms with Crippen molar-refractivity contribution in [1.82, 2.24) is 4.98 Å². The Morgan fingerprint density at radius 1 is 1.33 bits per heavy atom. The molecular formula is C14H11N3O. The van der Waals surface area contributed by atoms with Crippen LogP contribution < -0.4 is 5.32 Å². The van der Waals surface area contributed by atoms with E-state index in [4.69, 9.17) is 5.26 Å². The first-order valence-corrected chi connectivity index (χ1v) is 5.42. The molecule has 2 aromatic rings. The van der Waals surface area contributed by atoms with E-state index in [9.17, 15) is 4.79 Å². The lowest BCUT2D eigenvalue weighted by Gasteiger charge is -2.07. The number of pyridine rings is 1. The fourth-order valence-corrected chi connectivity index (χ4v) is 1.68. The van der Waals surface area contributed by atoms with E-state index in [2.05, 4.69) is 10.3 Å². The van der Waals surface area contributed by atoms with Gasteiger partial charge in [0.05, 0.1) is 11.3 Å². The lowest BCUT2D eigenvalue weighted by atomic mass is 10.0. The number of hydrogen-bond acceptors (Lipinski definition) is 3. The van der Waals surface area contributed by atoms with E-state index in [1.54, 1.807) is 12.1 Å². The van der Waals surface area contributed by atoms with E-state index in [-0.39, 0.29) is 0 Å². The van der Waals surface area contributed by atoms with Crippen molar-refractivity contribution in [1.29, 1.82) is 5.26 Å². The predicted octanol–water partition coefficient (Wildman–Crippen LogP) is 2.50. The third kappa shape index (κ3) is 2.36. The van der Waals surface area contributed by atoms with Crippen molar-refractivity contribution < 1.29 is 4.79 Å². The Morgan fingerprint density at radius 2 is 2.17 bits per heavy atom. The number of aromatic nitrogens is 1. The molecule has 0 unspecified atom stereocenters. The maximum atomic E-state index is 10.4. The molecule has 1 amide bonds. The standard InChI is InChI=1S/C14H11N3O/c1-10-2-4-12(17-9-18)6-13(10)14-5-3-11(7-15)8-16-14/h2-6,8-9H,1H3,(H,17,18). The number of anilines is 1. The number of hydrogen-bond donors (Lipinski definition) is 1. The fourth-order valence-electron chi connectivity index (χ4n) is 1.68. The Labute approximate surface area is 105 Å². The van der Waals surface area contributed by atoms with Crippen LogP contribution in [0.2, 0.25) is 0 Å². The Morgan fingerprint density at radius 3 is 2.78 bits per heavy atom. The van der Waals surface area contributed by atoms with Crippen LogP contribution in [0.25, 0.3) is 11.3 Å². The number of carbonyl (C=O) groups is 1. The maximum Gasteiger partial charge on any atom is 0.211 e. The highest BCUT2D eigenvalue weighted by Gasteiger charge is 2.05. The highest BCUT2D eigenvalue weighted by atomic mass is 16.1. The zero-order valence-electron chi connectivity index (χ0n) is 9.84. The first kappa shape index (κ1) is 11.8. The smallest absolute Gasteiger partial charge is 0.211 e. The third-order valence-electron chi connectivity index (χ3n) is 2.63. The molecule has 1 N–H and O–H groups in total. The number of aryl methyl sites for hydroxylation is 1. The molecule has 0 saturated heterocycles. The van der Waals surface area contributed by atoms with Gasteiger partial charge in [-0.25, -0.2) is 0 Å². The Bertz CT molecular complexity index is 612. The summed E-state index contributed by atoms with van der Waals surface area (Å²) in [6.07, 6.45) is 2.18. The summed E-state index contributed by atoms with van der Waals surface area (Å²) in [5.41, 5.74) is 4.02. The highest BCUT2D eigenvalue weighted by molar-refractivity contribution is 5.76. The van der Waals surface area contributed by atoms with Crippen LogP contribution in [-0.2, 0) is 4.79 Å². The van der Waals surface area contributed by atoms with E-state index < -0.39 is 0 Å². The molecule has 0 aliphatic rings. The average Bonchev–Trinajstić information content (AvgIpc) is 2.41. The van der Waals surface area contributed by atoms with Gasteiger partial charge in [-0.05, 0) is 36.8 Å². The third-order valence-corrected chi connectivity index (χ3v) is 2.63. The zero-order chi connectivity index (χ0) is 13.0. The van der Waals surface area contributed by atoms with Crippen molar-refractivity contribution in [3.8, 4) is 17.3 Å². The molecule has 1 heterocycles. The van der Waals surface area contributed by atoms with Crippen molar-refractivity contribution in [3.05, 3.63) is 47.7 Å². The van der Waals surface area contributed by atoms with Gasteiger partial charge < -0.3 is 5.32 Å². The normalized spacial score (nSPS) is 9.56. The minimum absolute atomic E-state index is 0.526. The van der Waals surface area contributed by atoms with Crippen molar-refractivity contribution in [2.45, 2.75) is 6.92 Å². The number of benzene rings is 1. The van der Waals surface area contributed by atoms with Gasteiger partial charge in [-0.3, -0.25) is 9.78 Å². The van der Waals surface area contributed by atoms with Crippen LogP contribution in [-0.4, -0.2) is 11.4 Å². The molecule has 0 fully saturated rings. The molecule has 4 heteroatoms. The first-order chi connectivity index (χ1) is 8.74. The monoisotopic (exact) mass is 237 g/mol. The van der Waals surface area contributed by atoms with Crippen LogP contribution in [0.3, 0.4) is 0 Å². The summed E-state index contributed by atoms with van der Waals surface area (Å²) in [7, 11) is 0. The second-order valence-electron chi connectivity index (χ2n) is 3.84. The van der Waals surface area contributed by atoms with Gasteiger partial charge in [0.25, 0.3) is 0 Å². The average molecular weight is 237 g/mol. The van der Waals surface area contributed by atoms with Crippen LogP contribution in [0.1, 0.15) is 11.1 Å². The van der Waals surface area contributed by atoms with Crippen LogP contribution >= 0.6 is 0 Å². The van der Waals surface area contributed by atoms with Gasteiger partial charge in [0.1, 0.15) is 6.07 Å². The summed E-state index contributed by atoms with van der Waals surface area (Å²) >= 11 is 0. The number of carbonyl (C=O) groups excluding carboxylic acids is 1. The Hall–Kier alpha value is -2.67. The molecule has 0 aliphatic carbocycles. The van der Waals surface area contributed by atoms with Crippen LogP contribution in [0.4, 0.5) is 5.69 Å². The lowest BCUT2D eigenvalue weighted by Crippen LogP contribution is -1.95. The number of nitriles is 1. The number of nitrogens with zero attached hydrogens (tertiary/aromatic N) is 2. The van der Waals surface area contributed by atoms with E-state index in [0.717, 1.165) is 22.5 Å². The number of rotatable bonds is 3. The van der Waals surface area contributed by atoms with Crippen LogP contribution in [0, 0.1) is 18.3 Å². The molecule has 1 aromatic carbocycles. The second kappa shape index (κ2) is 5.11. The summed E-state index contributed by atoms with van der Waals surface area (Å²) in [6.45, 7) is 1.97. The molecule has 88 valence electrons. The molecule has 1 aromatic heterocycles.